The van der Waals surface area contributed by atoms with E-state index in [9.17, 15) is 45.4 Å². The Morgan fingerprint density at radius 1 is 1.08 bits per heavy atom. The van der Waals surface area contributed by atoms with E-state index in [2.05, 4.69) is 5.32 Å². The average molecular weight is 564 g/mol. The van der Waals surface area contributed by atoms with E-state index in [-0.39, 0.29) is 31.0 Å². The molecule has 1 fully saturated rings. The van der Waals surface area contributed by atoms with Crippen molar-refractivity contribution in [2.45, 2.75) is 63.8 Å². The Hall–Kier alpha value is -3.35. The van der Waals surface area contributed by atoms with Crippen LogP contribution in [0, 0.1) is 12.7 Å². The van der Waals surface area contributed by atoms with Gasteiger partial charge in [0.2, 0.25) is 5.91 Å². The highest BCUT2D eigenvalue weighted by Gasteiger charge is 2.38. The van der Waals surface area contributed by atoms with Gasteiger partial charge in [0.1, 0.15) is 11.9 Å². The summed E-state index contributed by atoms with van der Waals surface area (Å²) in [4.78, 5) is 27.9. The summed E-state index contributed by atoms with van der Waals surface area (Å²) >= 11 is 0. The maximum Gasteiger partial charge on any atom is 0.416 e. The minimum atomic E-state index is -5.03. The van der Waals surface area contributed by atoms with Gasteiger partial charge in [0.05, 0.1) is 17.2 Å². The van der Waals surface area contributed by atoms with Crippen LogP contribution in [0.4, 0.5) is 35.5 Å². The fourth-order valence-corrected chi connectivity index (χ4v) is 4.63. The first-order valence-electron chi connectivity index (χ1n) is 12.0. The van der Waals surface area contributed by atoms with Crippen LogP contribution in [0.3, 0.4) is 0 Å². The molecule has 0 aliphatic carbocycles. The number of hydrogen-bond acceptors (Lipinski definition) is 3. The summed E-state index contributed by atoms with van der Waals surface area (Å²) in [5.41, 5.74) is -2.25. The van der Waals surface area contributed by atoms with Crippen LogP contribution >= 0.6 is 0 Å². The molecule has 1 aliphatic heterocycles. The molecule has 0 unspecified atom stereocenters. The molecular formula is C26H28F7N3O3. The van der Waals surface area contributed by atoms with E-state index in [1.165, 1.54) is 37.1 Å². The third-order valence-corrected chi connectivity index (χ3v) is 6.56. The number of rotatable bonds is 5. The molecule has 0 aromatic heterocycles. The summed E-state index contributed by atoms with van der Waals surface area (Å²) in [6.45, 7) is 2.46. The number of aliphatic hydroxyl groups excluding tert-OH is 1. The number of nitrogens with zero attached hydrogens (tertiary/aromatic N) is 2. The molecule has 2 aromatic carbocycles. The lowest BCUT2D eigenvalue weighted by atomic mass is 9.89. The summed E-state index contributed by atoms with van der Waals surface area (Å²) in [5.74, 6) is -1.12. The van der Waals surface area contributed by atoms with E-state index < -0.39 is 66.0 Å². The number of halogens is 7. The Labute approximate surface area is 220 Å². The number of hydrogen-bond donors (Lipinski definition) is 2. The van der Waals surface area contributed by atoms with Gasteiger partial charge in [-0.2, -0.15) is 26.3 Å². The molecule has 39 heavy (non-hydrogen) atoms. The van der Waals surface area contributed by atoms with Crippen LogP contribution in [-0.4, -0.2) is 52.6 Å². The van der Waals surface area contributed by atoms with Gasteiger partial charge in [-0.25, -0.2) is 9.18 Å². The number of aliphatic hydroxyl groups is 1. The average Bonchev–Trinajstić information content (AvgIpc) is 2.82. The smallest absolute Gasteiger partial charge is 0.384 e. The second-order valence-electron chi connectivity index (χ2n) is 9.67. The molecule has 0 saturated carbocycles. The van der Waals surface area contributed by atoms with E-state index in [0.717, 1.165) is 4.90 Å². The van der Waals surface area contributed by atoms with Gasteiger partial charge in [-0.3, -0.25) is 4.79 Å². The first-order chi connectivity index (χ1) is 18.0. The molecule has 1 saturated heterocycles. The van der Waals surface area contributed by atoms with Gasteiger partial charge in [0, 0.05) is 26.2 Å². The molecule has 3 amide bonds. The van der Waals surface area contributed by atoms with E-state index in [1.807, 2.05) is 0 Å². The van der Waals surface area contributed by atoms with Gasteiger partial charge >= 0.3 is 18.4 Å². The SMILES string of the molecule is Cc1cc(F)ccc1[C@H]1C[C@@H](NC(=O)[C@@H](C)O)CCN1C(=O)N(C)Cc1cc(C(F)(F)F)cc(C(F)(F)F)c1. The molecule has 1 heterocycles. The fraction of sp³-hybridized carbons (Fsp3) is 0.462. The third kappa shape index (κ3) is 7.40. The molecule has 1 aliphatic rings. The zero-order chi connectivity index (χ0) is 29.3. The van der Waals surface area contributed by atoms with E-state index in [4.69, 9.17) is 0 Å². The van der Waals surface area contributed by atoms with Crippen molar-refractivity contribution in [2.75, 3.05) is 13.6 Å². The monoisotopic (exact) mass is 563 g/mol. The van der Waals surface area contributed by atoms with Gasteiger partial charge in [-0.15, -0.1) is 0 Å². The summed E-state index contributed by atoms with van der Waals surface area (Å²) < 4.78 is 93.4. The number of alkyl halides is 6. The van der Waals surface area contributed by atoms with Gasteiger partial charge in [0.25, 0.3) is 0 Å². The Morgan fingerprint density at radius 2 is 1.67 bits per heavy atom. The second-order valence-corrected chi connectivity index (χ2v) is 9.67. The maximum atomic E-state index is 13.8. The summed E-state index contributed by atoms with van der Waals surface area (Å²) in [6.07, 6.45) is -10.9. The fourth-order valence-electron chi connectivity index (χ4n) is 4.63. The van der Waals surface area contributed by atoms with Crippen molar-refractivity contribution in [3.8, 4) is 0 Å². The highest BCUT2D eigenvalue weighted by Crippen LogP contribution is 2.37. The second kappa shape index (κ2) is 11.4. The number of piperidine rings is 1. The molecular weight excluding hydrogens is 535 g/mol. The third-order valence-electron chi connectivity index (χ3n) is 6.56. The highest BCUT2D eigenvalue weighted by atomic mass is 19.4. The van der Waals surface area contributed by atoms with Crippen LogP contribution in [0.15, 0.2) is 36.4 Å². The summed E-state index contributed by atoms with van der Waals surface area (Å²) in [7, 11) is 1.26. The lowest BCUT2D eigenvalue weighted by molar-refractivity contribution is -0.143. The molecule has 6 nitrogen and oxygen atoms in total. The van der Waals surface area contributed by atoms with Crippen molar-refractivity contribution in [2.24, 2.45) is 0 Å². The Morgan fingerprint density at radius 3 is 2.18 bits per heavy atom. The number of nitrogens with one attached hydrogen (secondary N) is 1. The predicted molar refractivity (Wildman–Crippen MR) is 127 cm³/mol. The number of likely N-dealkylation sites (tertiary alicyclic amines) is 1. The number of amides is 3. The molecule has 2 aromatic rings. The minimum Gasteiger partial charge on any atom is -0.384 e. The summed E-state index contributed by atoms with van der Waals surface area (Å²) in [5, 5.41) is 12.2. The van der Waals surface area contributed by atoms with Crippen molar-refractivity contribution in [1.29, 1.82) is 0 Å². The number of aryl methyl sites for hydroxylation is 1. The minimum absolute atomic E-state index is 0.0188. The molecule has 0 bridgehead atoms. The molecule has 214 valence electrons. The number of carbonyl (C=O) groups is 2. The van der Waals surface area contributed by atoms with Gasteiger partial charge in [0.15, 0.2) is 0 Å². The van der Waals surface area contributed by atoms with Crippen molar-refractivity contribution < 1.29 is 45.4 Å². The molecule has 13 heteroatoms. The quantitative estimate of drug-likeness (QED) is 0.477. The van der Waals surface area contributed by atoms with Crippen molar-refractivity contribution >= 4 is 11.9 Å². The first kappa shape index (κ1) is 30.2. The van der Waals surface area contributed by atoms with Crippen LogP contribution in [0.5, 0.6) is 0 Å². The number of carbonyl (C=O) groups excluding carboxylic acids is 2. The standard InChI is InChI=1S/C26H28F7N3O3/c1-14-8-19(27)4-5-21(14)22-12-20(34-23(38)15(2)37)6-7-36(22)24(39)35(3)13-16-9-17(25(28,29)30)11-18(10-16)26(31,32)33/h4-5,8-11,15,20,22,37H,6-7,12-13H2,1-3H3,(H,34,38)/t15-,20+,22-/m1/s1. The van der Waals surface area contributed by atoms with Gasteiger partial charge < -0.3 is 20.2 Å². The molecule has 3 rings (SSSR count). The molecule has 3 atom stereocenters. The van der Waals surface area contributed by atoms with Crippen LogP contribution < -0.4 is 5.32 Å². The van der Waals surface area contributed by atoms with Gasteiger partial charge in [-0.1, -0.05) is 6.07 Å². The van der Waals surface area contributed by atoms with Crippen LogP contribution in [0.25, 0.3) is 0 Å². The maximum absolute atomic E-state index is 13.8. The Bertz CT molecular complexity index is 1180. The first-order valence-corrected chi connectivity index (χ1v) is 12.0. The Balaban J connectivity index is 1.90. The zero-order valence-electron chi connectivity index (χ0n) is 21.3. The zero-order valence-corrected chi connectivity index (χ0v) is 21.3. The number of urea groups is 1. The largest absolute Gasteiger partial charge is 0.416 e. The van der Waals surface area contributed by atoms with Crippen LogP contribution in [0.2, 0.25) is 0 Å². The van der Waals surface area contributed by atoms with Crippen LogP contribution in [-0.2, 0) is 23.7 Å². The van der Waals surface area contributed by atoms with E-state index in [1.54, 1.807) is 6.92 Å². The lowest BCUT2D eigenvalue weighted by Gasteiger charge is -2.42. The topological polar surface area (TPSA) is 72.9 Å². The van der Waals surface area contributed by atoms with Crippen LogP contribution in [0.1, 0.15) is 53.6 Å². The van der Waals surface area contributed by atoms with Crippen molar-refractivity contribution in [3.05, 3.63) is 70.0 Å². The highest BCUT2D eigenvalue weighted by molar-refractivity contribution is 5.80. The normalized spacial score (nSPS) is 19.0. The Kier molecular flexibility index (Phi) is 8.83. The lowest BCUT2D eigenvalue weighted by Crippen LogP contribution is -2.52. The molecule has 2 N–H and O–H groups in total. The van der Waals surface area contributed by atoms with E-state index >= 15 is 0 Å². The molecule has 0 radical (unpaired) electrons. The molecule has 0 spiro atoms. The van der Waals surface area contributed by atoms with Gasteiger partial charge in [-0.05, 0) is 73.7 Å². The summed E-state index contributed by atoms with van der Waals surface area (Å²) in [6, 6.07) is 3.29. The van der Waals surface area contributed by atoms with Crippen molar-refractivity contribution in [1.82, 2.24) is 15.1 Å². The number of benzene rings is 2. The van der Waals surface area contributed by atoms with E-state index in [0.29, 0.717) is 23.3 Å². The predicted octanol–water partition coefficient (Wildman–Crippen LogP) is 5.43. The van der Waals surface area contributed by atoms with Crippen molar-refractivity contribution in [3.63, 3.8) is 0 Å².